The smallest absolute Gasteiger partial charge is 0.146 e. The van der Waals surface area contributed by atoms with Gasteiger partial charge in [-0.2, -0.15) is 0 Å². The third-order valence-electron chi connectivity index (χ3n) is 5.10. The van der Waals surface area contributed by atoms with Crippen LogP contribution in [0, 0.1) is 11.2 Å². The Morgan fingerprint density at radius 2 is 1.77 bits per heavy atom. The average Bonchev–Trinajstić information content (AvgIpc) is 2.99. The average molecular weight is 610 g/mol. The first-order valence-corrected chi connectivity index (χ1v) is 13.6. The van der Waals surface area contributed by atoms with E-state index in [9.17, 15) is 4.39 Å². The van der Waals surface area contributed by atoms with Gasteiger partial charge in [0.05, 0.1) is 12.2 Å². The molecule has 232 valence electrons. The second-order valence-corrected chi connectivity index (χ2v) is 9.04. The quantitative estimate of drug-likeness (QED) is 0.0665. The SMILES string of the molecule is C=C.C=N/C=C(/CNc1cccc(NC(=C)/C=C/CN(C)C)c1)C(=NCc1ccc(F)cc1)N/C(=C/NC)C(=N)Cl.CN. The van der Waals surface area contributed by atoms with Crippen molar-refractivity contribution >= 4 is 40.7 Å². The van der Waals surface area contributed by atoms with E-state index in [-0.39, 0.29) is 17.5 Å². The maximum absolute atomic E-state index is 13.4. The van der Waals surface area contributed by atoms with E-state index in [1.54, 1.807) is 31.6 Å². The first-order valence-electron chi connectivity index (χ1n) is 13.2. The number of hydrogen-bond acceptors (Lipinski definition) is 8. The van der Waals surface area contributed by atoms with E-state index >= 15 is 0 Å². The molecule has 0 amide bonds. The van der Waals surface area contributed by atoms with Crippen LogP contribution in [0.15, 0.2) is 120 Å². The first kappa shape index (κ1) is 38.5. The van der Waals surface area contributed by atoms with Gasteiger partial charge in [-0.25, -0.2) is 4.39 Å². The molecule has 7 N–H and O–H groups in total. The predicted octanol–water partition coefficient (Wildman–Crippen LogP) is 5.71. The van der Waals surface area contributed by atoms with Gasteiger partial charge < -0.3 is 31.9 Å². The number of anilines is 2. The molecule has 2 rings (SSSR count). The first-order chi connectivity index (χ1) is 20.7. The van der Waals surface area contributed by atoms with Gasteiger partial charge in [0.2, 0.25) is 0 Å². The van der Waals surface area contributed by atoms with Gasteiger partial charge >= 0.3 is 0 Å². The summed E-state index contributed by atoms with van der Waals surface area (Å²) < 4.78 is 13.4. The second kappa shape index (κ2) is 23.1. The zero-order valence-corrected chi connectivity index (χ0v) is 26.3. The molecule has 0 aromatic heterocycles. The van der Waals surface area contributed by atoms with Crippen LogP contribution in [0.1, 0.15) is 5.56 Å². The number of nitrogens with zero attached hydrogens (tertiary/aromatic N) is 3. The van der Waals surface area contributed by atoms with Crippen molar-refractivity contribution in [3.8, 4) is 0 Å². The molecule has 0 saturated heterocycles. The Kier molecular flexibility index (Phi) is 20.7. The maximum atomic E-state index is 13.4. The summed E-state index contributed by atoms with van der Waals surface area (Å²) in [5, 5.41) is 20.3. The molecular formula is C32H45ClFN9. The molecular weight excluding hydrogens is 565 g/mol. The number of likely N-dealkylation sites (N-methyl/N-ethyl adjacent to an activating group) is 1. The summed E-state index contributed by atoms with van der Waals surface area (Å²) in [5.74, 6) is 0.112. The summed E-state index contributed by atoms with van der Waals surface area (Å²) >= 11 is 5.99. The molecule has 0 atom stereocenters. The van der Waals surface area contributed by atoms with Gasteiger partial charge in [0.25, 0.3) is 0 Å². The Morgan fingerprint density at radius 3 is 2.35 bits per heavy atom. The minimum atomic E-state index is -0.318. The number of amidine groups is 1. The van der Waals surface area contributed by atoms with Crippen LogP contribution in [0.25, 0.3) is 0 Å². The fourth-order valence-electron chi connectivity index (χ4n) is 3.25. The fourth-order valence-corrected chi connectivity index (χ4v) is 3.35. The van der Waals surface area contributed by atoms with Crippen LogP contribution in [0.5, 0.6) is 0 Å². The zero-order valence-electron chi connectivity index (χ0n) is 25.6. The molecule has 0 bridgehead atoms. The largest absolute Gasteiger partial charge is 0.392 e. The van der Waals surface area contributed by atoms with Crippen LogP contribution in [-0.4, -0.2) is 63.9 Å². The molecule has 2 aromatic rings. The maximum Gasteiger partial charge on any atom is 0.146 e. The third-order valence-corrected chi connectivity index (χ3v) is 5.31. The van der Waals surface area contributed by atoms with E-state index in [2.05, 4.69) is 68.3 Å². The topological polar surface area (TPSA) is 126 Å². The summed E-state index contributed by atoms with van der Waals surface area (Å²) in [6.07, 6.45) is 7.12. The molecule has 0 heterocycles. The molecule has 43 heavy (non-hydrogen) atoms. The number of benzene rings is 2. The highest BCUT2D eigenvalue weighted by Gasteiger charge is 2.12. The molecule has 0 saturated carbocycles. The molecule has 11 heteroatoms. The lowest BCUT2D eigenvalue weighted by Crippen LogP contribution is -2.31. The summed E-state index contributed by atoms with van der Waals surface area (Å²) in [6.45, 7) is 15.1. The number of nitrogens with two attached hydrogens (primary N) is 1. The van der Waals surface area contributed by atoms with Crippen LogP contribution in [-0.2, 0) is 6.54 Å². The second-order valence-electron chi connectivity index (χ2n) is 8.66. The number of nitrogens with one attached hydrogen (secondary N) is 5. The van der Waals surface area contributed by atoms with Gasteiger partial charge in [-0.05, 0) is 69.8 Å². The van der Waals surface area contributed by atoms with Crippen molar-refractivity contribution in [1.29, 1.82) is 5.41 Å². The Balaban J connectivity index is 0.00000422. The normalized spacial score (nSPS) is 11.5. The molecule has 0 spiro atoms. The Hall–Kier alpha value is -4.51. The van der Waals surface area contributed by atoms with Crippen LogP contribution < -0.4 is 27.0 Å². The Labute approximate surface area is 261 Å². The molecule has 0 radical (unpaired) electrons. The third kappa shape index (κ3) is 16.5. The molecule has 2 aromatic carbocycles. The van der Waals surface area contributed by atoms with Gasteiger partial charge in [0.1, 0.15) is 16.8 Å². The summed E-state index contributed by atoms with van der Waals surface area (Å²) in [4.78, 5) is 10.7. The van der Waals surface area contributed by atoms with E-state index in [0.29, 0.717) is 23.7 Å². The van der Waals surface area contributed by atoms with Gasteiger partial charge in [0.15, 0.2) is 0 Å². The van der Waals surface area contributed by atoms with Crippen molar-refractivity contribution in [2.24, 2.45) is 15.7 Å². The van der Waals surface area contributed by atoms with E-state index < -0.39 is 0 Å². The number of halogens is 2. The van der Waals surface area contributed by atoms with E-state index in [0.717, 1.165) is 29.2 Å². The lowest BCUT2D eigenvalue weighted by Gasteiger charge is -2.17. The van der Waals surface area contributed by atoms with Crippen LogP contribution in [0.2, 0.25) is 0 Å². The fraction of sp³-hybridized carbons (Fsp3) is 0.219. The van der Waals surface area contributed by atoms with Gasteiger partial charge in [-0.15, -0.1) is 13.2 Å². The molecule has 0 unspecified atom stereocenters. The summed E-state index contributed by atoms with van der Waals surface area (Å²) in [5.41, 5.74) is 8.81. The van der Waals surface area contributed by atoms with Crippen molar-refractivity contribution in [3.63, 3.8) is 0 Å². The van der Waals surface area contributed by atoms with Gasteiger partial charge in [-0.3, -0.25) is 15.4 Å². The lowest BCUT2D eigenvalue weighted by molar-refractivity contribution is 0.456. The van der Waals surface area contributed by atoms with Crippen molar-refractivity contribution in [2.45, 2.75) is 6.54 Å². The van der Waals surface area contributed by atoms with Crippen molar-refractivity contribution < 1.29 is 4.39 Å². The highest BCUT2D eigenvalue weighted by Crippen LogP contribution is 2.18. The van der Waals surface area contributed by atoms with Crippen molar-refractivity contribution in [1.82, 2.24) is 15.5 Å². The van der Waals surface area contributed by atoms with Crippen LogP contribution in [0.4, 0.5) is 15.8 Å². The van der Waals surface area contributed by atoms with Crippen LogP contribution >= 0.6 is 11.6 Å². The predicted molar refractivity (Wildman–Crippen MR) is 186 cm³/mol. The van der Waals surface area contributed by atoms with Crippen molar-refractivity contribution in [3.05, 3.63) is 121 Å². The van der Waals surface area contributed by atoms with Gasteiger partial charge in [0, 0.05) is 55.2 Å². The molecule has 0 aliphatic rings. The standard InChI is InChI=1S/C29H36ClFN8.C2H4.CH5N/c1-21(8-7-15-39(4)5)37-26-10-6-9-25(16-26)35-19-23(18-33-2)29(38-27(20-34-3)28(30)32)36-17-22-11-13-24(31)14-12-22;2*1-2/h6-14,16,18,20,32,34-35,37H,1-2,15,17,19H2,3-5H3,(H,36,38);1-2H2;2H2,1H3/b8-7+,23-18-,27-20+,32-28?;;. The minimum Gasteiger partial charge on any atom is -0.392 e. The summed E-state index contributed by atoms with van der Waals surface area (Å²) in [6, 6.07) is 13.9. The highest BCUT2D eigenvalue weighted by atomic mass is 35.5. The van der Waals surface area contributed by atoms with E-state index in [4.69, 9.17) is 17.0 Å². The molecule has 0 aliphatic heterocycles. The van der Waals surface area contributed by atoms with E-state index in [1.807, 2.05) is 50.5 Å². The minimum absolute atomic E-state index is 0.198. The summed E-state index contributed by atoms with van der Waals surface area (Å²) in [7, 11) is 7.21. The highest BCUT2D eigenvalue weighted by molar-refractivity contribution is 6.68. The monoisotopic (exact) mass is 609 g/mol. The van der Waals surface area contributed by atoms with Crippen molar-refractivity contribution in [2.75, 3.05) is 51.9 Å². The number of allylic oxidation sites excluding steroid dienone is 2. The lowest BCUT2D eigenvalue weighted by atomic mass is 10.2. The zero-order chi connectivity index (χ0) is 32.6. The van der Waals surface area contributed by atoms with Gasteiger partial charge in [-0.1, -0.05) is 42.5 Å². The Bertz CT molecular complexity index is 1270. The van der Waals surface area contributed by atoms with Crippen LogP contribution in [0.3, 0.4) is 0 Å². The molecule has 9 nitrogen and oxygen atoms in total. The number of aliphatic imine (C=N–C) groups is 2. The van der Waals surface area contributed by atoms with E-state index in [1.165, 1.54) is 19.2 Å². The number of hydrogen-bond donors (Lipinski definition) is 6. The number of rotatable bonds is 15. The molecule has 0 fully saturated rings. The molecule has 0 aliphatic carbocycles. The Morgan fingerprint density at radius 1 is 1.12 bits per heavy atom.